The number of piperidine rings is 1. The molecule has 1 fully saturated rings. The first-order valence-electron chi connectivity index (χ1n) is 12.8. The number of thiophene rings is 1. The van der Waals surface area contributed by atoms with Crippen LogP contribution < -0.4 is 10.6 Å². The summed E-state index contributed by atoms with van der Waals surface area (Å²) in [6.45, 7) is 6.65. The van der Waals surface area contributed by atoms with Crippen molar-refractivity contribution in [3.63, 3.8) is 0 Å². The number of aromatic nitrogens is 3. The largest absolute Gasteiger partial charge is 0.444 e. The van der Waals surface area contributed by atoms with Crippen molar-refractivity contribution in [3.8, 4) is 0 Å². The van der Waals surface area contributed by atoms with Crippen LogP contribution in [-0.2, 0) is 14.3 Å². The maximum atomic E-state index is 13.2. The van der Waals surface area contributed by atoms with Crippen molar-refractivity contribution in [2.45, 2.75) is 45.3 Å². The van der Waals surface area contributed by atoms with Gasteiger partial charge in [0.2, 0.25) is 5.95 Å². The Balaban J connectivity index is 1.34. The highest BCUT2D eigenvalue weighted by atomic mass is 32.1. The highest BCUT2D eigenvalue weighted by Gasteiger charge is 2.36. The zero-order valence-electron chi connectivity index (χ0n) is 21.8. The Kier molecular flexibility index (Phi) is 6.10. The Labute approximate surface area is 228 Å². The fourth-order valence-electron chi connectivity index (χ4n) is 5.02. The van der Waals surface area contributed by atoms with Gasteiger partial charge in [-0.05, 0) is 51.1 Å². The predicted molar refractivity (Wildman–Crippen MR) is 150 cm³/mol. The molecule has 1 aromatic carbocycles. The third kappa shape index (κ3) is 4.74. The van der Waals surface area contributed by atoms with Gasteiger partial charge in [0.25, 0.3) is 11.8 Å². The number of hydrogen-bond donors (Lipinski definition) is 3. The average Bonchev–Trinajstić information content (AvgIpc) is 3.57. The molecule has 11 heteroatoms. The van der Waals surface area contributed by atoms with E-state index >= 15 is 0 Å². The Bertz CT molecular complexity index is 1660. The van der Waals surface area contributed by atoms with Crippen LogP contribution in [-0.4, -0.2) is 62.5 Å². The highest BCUT2D eigenvalue weighted by molar-refractivity contribution is 7.17. The third-order valence-electron chi connectivity index (χ3n) is 6.80. The highest BCUT2D eigenvalue weighted by Crippen LogP contribution is 2.38. The normalized spacial score (nSPS) is 16.8. The summed E-state index contributed by atoms with van der Waals surface area (Å²) in [5, 5.41) is 8.49. The van der Waals surface area contributed by atoms with E-state index in [4.69, 9.17) is 14.7 Å². The Hall–Kier alpha value is -4.25. The number of hydrogen-bond acceptors (Lipinski definition) is 8. The van der Waals surface area contributed by atoms with Crippen LogP contribution in [0.3, 0.4) is 0 Å². The zero-order chi connectivity index (χ0) is 27.3. The Morgan fingerprint density at radius 1 is 1.08 bits per heavy atom. The van der Waals surface area contributed by atoms with E-state index in [2.05, 4.69) is 15.6 Å². The summed E-state index contributed by atoms with van der Waals surface area (Å²) in [4.78, 5) is 53.1. The monoisotopic (exact) mass is 544 g/mol. The topological polar surface area (TPSA) is 129 Å². The SMILES string of the molecule is CC(C)(C)OC(=O)N1CCC(Nc2nc(C3=C(c4c[nH]c5ccsc45)C(=O)NC3=O)c3ccccc3n2)CC1. The number of carbonyl (C=O) groups excluding carboxylic acids is 3. The van der Waals surface area contributed by atoms with Gasteiger partial charge in [0.15, 0.2) is 0 Å². The van der Waals surface area contributed by atoms with Crippen molar-refractivity contribution in [2.24, 2.45) is 0 Å². The maximum absolute atomic E-state index is 13.2. The van der Waals surface area contributed by atoms with Crippen LogP contribution in [0.5, 0.6) is 0 Å². The van der Waals surface area contributed by atoms with Gasteiger partial charge in [0, 0.05) is 36.3 Å². The third-order valence-corrected chi connectivity index (χ3v) is 7.75. The van der Waals surface area contributed by atoms with Crippen LogP contribution in [0.15, 0.2) is 41.9 Å². The van der Waals surface area contributed by atoms with Crippen molar-refractivity contribution in [3.05, 3.63) is 53.2 Å². The molecule has 0 atom stereocenters. The van der Waals surface area contributed by atoms with Gasteiger partial charge >= 0.3 is 6.09 Å². The van der Waals surface area contributed by atoms with Crippen molar-refractivity contribution in [2.75, 3.05) is 18.4 Å². The minimum Gasteiger partial charge on any atom is -0.444 e. The summed E-state index contributed by atoms with van der Waals surface area (Å²) in [6.07, 6.45) is 2.83. The molecule has 6 rings (SSSR count). The van der Waals surface area contributed by atoms with Gasteiger partial charge in [-0.15, -0.1) is 11.3 Å². The van der Waals surface area contributed by atoms with Crippen molar-refractivity contribution in [1.82, 2.24) is 25.2 Å². The molecule has 0 bridgehead atoms. The first-order chi connectivity index (χ1) is 18.7. The number of amides is 3. The second-order valence-electron chi connectivity index (χ2n) is 10.7. The maximum Gasteiger partial charge on any atom is 0.410 e. The predicted octanol–water partition coefficient (Wildman–Crippen LogP) is 4.55. The summed E-state index contributed by atoms with van der Waals surface area (Å²) in [6, 6.07) is 9.41. The number of benzene rings is 1. The molecule has 4 aromatic rings. The summed E-state index contributed by atoms with van der Waals surface area (Å²) < 4.78 is 6.41. The van der Waals surface area contributed by atoms with E-state index in [9.17, 15) is 14.4 Å². The van der Waals surface area contributed by atoms with Crippen LogP contribution in [0.25, 0.3) is 32.3 Å². The molecule has 3 amide bonds. The number of imide groups is 1. The standard InChI is InChI=1S/C28H28N6O4S/c1-28(2,3)38-27(37)34-11-8-15(9-12-34)30-26-31-18-7-5-4-6-16(18)22(32-26)21-20(24(35)33-25(21)36)17-14-29-19-10-13-39-23(17)19/h4-7,10,13-15,29H,8-9,11-12H2,1-3H3,(H,30,31,32)(H,33,35,36). The van der Waals surface area contributed by atoms with Crippen LogP contribution in [0.4, 0.5) is 10.7 Å². The number of H-pyrrole nitrogens is 1. The van der Waals surface area contributed by atoms with E-state index in [1.165, 1.54) is 11.3 Å². The number of likely N-dealkylation sites (tertiary alicyclic amines) is 1. The fourth-order valence-corrected chi connectivity index (χ4v) is 5.90. The number of ether oxygens (including phenoxy) is 1. The number of fused-ring (bicyclic) bond motifs is 2. The van der Waals surface area contributed by atoms with Crippen molar-refractivity contribution in [1.29, 1.82) is 0 Å². The zero-order valence-corrected chi connectivity index (χ0v) is 22.6. The smallest absolute Gasteiger partial charge is 0.410 e. The van der Waals surface area contributed by atoms with Crippen LogP contribution in [0.2, 0.25) is 0 Å². The molecule has 200 valence electrons. The second-order valence-corrected chi connectivity index (χ2v) is 11.6. The Morgan fingerprint density at radius 3 is 2.59 bits per heavy atom. The van der Waals surface area contributed by atoms with Gasteiger partial charge in [0.05, 0.1) is 32.6 Å². The van der Waals surface area contributed by atoms with E-state index < -0.39 is 17.4 Å². The van der Waals surface area contributed by atoms with E-state index in [0.717, 1.165) is 10.2 Å². The molecule has 0 unspecified atom stereocenters. The molecule has 1 saturated heterocycles. The first kappa shape index (κ1) is 25.1. The number of aromatic amines is 1. The molecule has 3 N–H and O–H groups in total. The molecule has 0 radical (unpaired) electrons. The average molecular weight is 545 g/mol. The minimum absolute atomic E-state index is 0.0283. The molecule has 39 heavy (non-hydrogen) atoms. The van der Waals surface area contributed by atoms with E-state index in [0.29, 0.717) is 59.6 Å². The van der Waals surface area contributed by atoms with Crippen LogP contribution in [0.1, 0.15) is 44.9 Å². The lowest BCUT2D eigenvalue weighted by atomic mass is 9.99. The molecule has 0 aliphatic carbocycles. The molecule has 0 saturated carbocycles. The van der Waals surface area contributed by atoms with E-state index in [-0.39, 0.29) is 17.7 Å². The molecule has 3 aromatic heterocycles. The number of anilines is 1. The second kappa shape index (κ2) is 9.49. The molecule has 10 nitrogen and oxygen atoms in total. The quantitative estimate of drug-likeness (QED) is 0.322. The minimum atomic E-state index is -0.543. The van der Waals surface area contributed by atoms with Gasteiger partial charge in [-0.25, -0.2) is 14.8 Å². The number of para-hydroxylation sites is 1. The van der Waals surface area contributed by atoms with E-state index in [1.807, 2.05) is 56.5 Å². The summed E-state index contributed by atoms with van der Waals surface area (Å²) in [7, 11) is 0. The fraction of sp³-hybridized carbons (Fsp3) is 0.321. The van der Waals surface area contributed by atoms with Gasteiger partial charge in [-0.2, -0.15) is 0 Å². The number of nitrogens with one attached hydrogen (secondary N) is 3. The number of rotatable bonds is 4. The molecule has 5 heterocycles. The summed E-state index contributed by atoms with van der Waals surface area (Å²) in [5.74, 6) is -0.564. The summed E-state index contributed by atoms with van der Waals surface area (Å²) in [5.41, 5.74) is 2.62. The summed E-state index contributed by atoms with van der Waals surface area (Å²) >= 11 is 1.50. The molecule has 2 aliphatic rings. The van der Waals surface area contributed by atoms with Gasteiger partial charge in [-0.1, -0.05) is 18.2 Å². The van der Waals surface area contributed by atoms with Crippen LogP contribution in [0, 0.1) is 0 Å². The lowest BCUT2D eigenvalue weighted by Crippen LogP contribution is -2.44. The molecule has 0 spiro atoms. The van der Waals surface area contributed by atoms with Crippen molar-refractivity contribution >= 4 is 67.5 Å². The number of nitrogens with zero attached hydrogens (tertiary/aromatic N) is 3. The number of carbonyl (C=O) groups is 3. The van der Waals surface area contributed by atoms with Gasteiger partial charge in [0.1, 0.15) is 5.60 Å². The molecular formula is C28H28N6O4S. The van der Waals surface area contributed by atoms with E-state index in [1.54, 1.807) is 11.1 Å². The first-order valence-corrected chi connectivity index (χ1v) is 13.7. The Morgan fingerprint density at radius 2 is 1.82 bits per heavy atom. The lowest BCUT2D eigenvalue weighted by Gasteiger charge is -2.33. The molecular weight excluding hydrogens is 516 g/mol. The van der Waals surface area contributed by atoms with Crippen LogP contribution >= 0.6 is 11.3 Å². The van der Waals surface area contributed by atoms with Crippen molar-refractivity contribution < 1.29 is 19.1 Å². The molecule has 2 aliphatic heterocycles. The van der Waals surface area contributed by atoms with Gasteiger partial charge < -0.3 is 19.9 Å². The van der Waals surface area contributed by atoms with Gasteiger partial charge in [-0.3, -0.25) is 14.9 Å². The lowest BCUT2D eigenvalue weighted by molar-refractivity contribution is -0.122.